The molecule has 0 spiro atoms. The summed E-state index contributed by atoms with van der Waals surface area (Å²) in [6.45, 7) is 4.62. The fourth-order valence-corrected chi connectivity index (χ4v) is 3.58. The minimum absolute atomic E-state index is 0.242. The standard InChI is InChI=1S/C13H19NOS/c1-4-10-6-5-7-11-13(10)14(3)9(2)12(8-15)16-11/h5-7,9,12,15H,4,8H2,1-3H3. The molecule has 0 radical (unpaired) electrons. The van der Waals surface area contributed by atoms with Gasteiger partial charge in [-0.1, -0.05) is 19.1 Å². The molecule has 1 aliphatic heterocycles. The Labute approximate surface area is 102 Å². The number of fused-ring (bicyclic) bond motifs is 1. The van der Waals surface area contributed by atoms with Crippen molar-refractivity contribution in [1.82, 2.24) is 0 Å². The predicted octanol–water partition coefficient (Wildman–Crippen LogP) is 2.54. The van der Waals surface area contributed by atoms with Crippen molar-refractivity contribution in [3.05, 3.63) is 23.8 Å². The topological polar surface area (TPSA) is 23.5 Å². The van der Waals surface area contributed by atoms with Crippen molar-refractivity contribution in [2.24, 2.45) is 0 Å². The summed E-state index contributed by atoms with van der Waals surface area (Å²) in [5.41, 5.74) is 2.75. The second-order valence-corrected chi connectivity index (χ2v) is 5.59. The normalized spacial score (nSPS) is 24.4. The van der Waals surface area contributed by atoms with Gasteiger partial charge in [-0.3, -0.25) is 0 Å². The van der Waals surface area contributed by atoms with E-state index in [4.69, 9.17) is 0 Å². The van der Waals surface area contributed by atoms with Crippen LogP contribution in [0.15, 0.2) is 23.1 Å². The van der Waals surface area contributed by atoms with E-state index < -0.39 is 0 Å². The van der Waals surface area contributed by atoms with Crippen LogP contribution >= 0.6 is 11.8 Å². The van der Waals surface area contributed by atoms with Crippen LogP contribution in [0.3, 0.4) is 0 Å². The van der Waals surface area contributed by atoms with Crippen molar-refractivity contribution >= 4 is 17.4 Å². The minimum Gasteiger partial charge on any atom is -0.395 e. The third kappa shape index (κ3) is 1.82. The van der Waals surface area contributed by atoms with Crippen molar-refractivity contribution in [3.8, 4) is 0 Å². The molecule has 0 aromatic heterocycles. The molecule has 0 aliphatic carbocycles. The summed E-state index contributed by atoms with van der Waals surface area (Å²) in [5.74, 6) is 0. The molecule has 1 N–H and O–H groups in total. The predicted molar refractivity (Wildman–Crippen MR) is 70.4 cm³/mol. The highest BCUT2D eigenvalue weighted by Gasteiger charge is 2.30. The molecule has 88 valence electrons. The minimum atomic E-state index is 0.242. The van der Waals surface area contributed by atoms with E-state index in [1.165, 1.54) is 16.1 Å². The largest absolute Gasteiger partial charge is 0.395 e. The van der Waals surface area contributed by atoms with Gasteiger partial charge in [0.05, 0.1) is 17.5 Å². The number of nitrogens with zero attached hydrogens (tertiary/aromatic N) is 1. The Bertz CT molecular complexity index is 380. The molecule has 1 aromatic carbocycles. The highest BCUT2D eigenvalue weighted by molar-refractivity contribution is 8.00. The second kappa shape index (κ2) is 4.68. The average Bonchev–Trinajstić information content (AvgIpc) is 2.32. The number of anilines is 1. The fraction of sp³-hybridized carbons (Fsp3) is 0.538. The van der Waals surface area contributed by atoms with Gasteiger partial charge in [0.15, 0.2) is 0 Å². The summed E-state index contributed by atoms with van der Waals surface area (Å²) in [6.07, 6.45) is 1.06. The van der Waals surface area contributed by atoms with Crippen LogP contribution < -0.4 is 4.90 Å². The molecule has 0 bridgehead atoms. The highest BCUT2D eigenvalue weighted by atomic mass is 32.2. The smallest absolute Gasteiger partial charge is 0.0573 e. The van der Waals surface area contributed by atoms with Crippen LogP contribution in [0.4, 0.5) is 5.69 Å². The van der Waals surface area contributed by atoms with Gasteiger partial charge >= 0.3 is 0 Å². The zero-order valence-corrected chi connectivity index (χ0v) is 10.9. The molecule has 3 heteroatoms. The van der Waals surface area contributed by atoms with Gasteiger partial charge < -0.3 is 10.0 Å². The first-order valence-corrected chi connectivity index (χ1v) is 6.69. The Morgan fingerprint density at radius 2 is 2.19 bits per heavy atom. The number of para-hydroxylation sites is 1. The van der Waals surface area contributed by atoms with E-state index in [0.29, 0.717) is 6.04 Å². The fourth-order valence-electron chi connectivity index (χ4n) is 2.25. The van der Waals surface area contributed by atoms with Crippen molar-refractivity contribution in [2.75, 3.05) is 18.6 Å². The van der Waals surface area contributed by atoms with Crippen molar-refractivity contribution in [2.45, 2.75) is 36.5 Å². The van der Waals surface area contributed by atoms with Crippen LogP contribution in [0.1, 0.15) is 19.4 Å². The van der Waals surface area contributed by atoms with Crippen LogP contribution in [-0.2, 0) is 6.42 Å². The molecule has 1 aromatic rings. The Kier molecular flexibility index (Phi) is 3.45. The van der Waals surface area contributed by atoms with Crippen LogP contribution in [0, 0.1) is 0 Å². The van der Waals surface area contributed by atoms with Gasteiger partial charge in [0.1, 0.15) is 0 Å². The number of hydrogen-bond acceptors (Lipinski definition) is 3. The van der Waals surface area contributed by atoms with E-state index in [-0.39, 0.29) is 11.9 Å². The summed E-state index contributed by atoms with van der Waals surface area (Å²) in [7, 11) is 2.13. The van der Waals surface area contributed by atoms with Crippen LogP contribution in [0.5, 0.6) is 0 Å². The molecule has 0 saturated heterocycles. The summed E-state index contributed by atoms with van der Waals surface area (Å²) in [6, 6.07) is 6.85. The van der Waals surface area contributed by atoms with Crippen LogP contribution in [0.25, 0.3) is 0 Å². The Balaban J connectivity index is 2.45. The van der Waals surface area contributed by atoms with Gasteiger partial charge in [0.25, 0.3) is 0 Å². The number of benzene rings is 1. The molecular weight excluding hydrogens is 218 g/mol. The lowest BCUT2D eigenvalue weighted by Gasteiger charge is -2.39. The third-order valence-corrected chi connectivity index (χ3v) is 4.85. The first-order valence-electron chi connectivity index (χ1n) is 5.81. The maximum absolute atomic E-state index is 9.38. The molecule has 2 rings (SSSR count). The van der Waals surface area contributed by atoms with Crippen LogP contribution in [0.2, 0.25) is 0 Å². The monoisotopic (exact) mass is 237 g/mol. The van der Waals surface area contributed by atoms with Crippen LogP contribution in [-0.4, -0.2) is 30.1 Å². The Morgan fingerprint density at radius 3 is 2.81 bits per heavy atom. The zero-order valence-electron chi connectivity index (χ0n) is 10.1. The summed E-state index contributed by atoms with van der Waals surface area (Å²) in [4.78, 5) is 3.62. The number of aliphatic hydroxyl groups excluding tert-OH is 1. The second-order valence-electron chi connectivity index (χ2n) is 4.31. The molecule has 2 unspecified atom stereocenters. The van der Waals surface area contributed by atoms with E-state index >= 15 is 0 Å². The summed E-state index contributed by atoms with van der Waals surface area (Å²) >= 11 is 1.81. The van der Waals surface area contributed by atoms with E-state index in [1.54, 1.807) is 11.8 Å². The third-order valence-electron chi connectivity index (χ3n) is 3.42. The molecule has 0 amide bonds. The molecule has 1 heterocycles. The van der Waals surface area contributed by atoms with Gasteiger partial charge in [0, 0.05) is 18.0 Å². The Hall–Kier alpha value is -0.670. The maximum Gasteiger partial charge on any atom is 0.0573 e. The van der Waals surface area contributed by atoms with E-state index in [1.807, 2.05) is 0 Å². The molecule has 0 saturated carbocycles. The lowest BCUT2D eigenvalue weighted by Crippen LogP contribution is -2.42. The Morgan fingerprint density at radius 1 is 1.44 bits per heavy atom. The first kappa shape index (κ1) is 11.8. The lowest BCUT2D eigenvalue weighted by molar-refractivity contribution is 0.282. The number of aliphatic hydroxyl groups is 1. The van der Waals surface area contributed by atoms with Gasteiger partial charge in [-0.05, 0) is 25.0 Å². The van der Waals surface area contributed by atoms with E-state index in [9.17, 15) is 5.11 Å². The van der Waals surface area contributed by atoms with Gasteiger partial charge in [-0.2, -0.15) is 0 Å². The summed E-state index contributed by atoms with van der Waals surface area (Å²) < 4.78 is 0. The SMILES string of the molecule is CCc1cccc2c1N(C)C(C)C(CO)S2. The van der Waals surface area contributed by atoms with E-state index in [2.05, 4.69) is 44.0 Å². The highest BCUT2D eigenvalue weighted by Crippen LogP contribution is 2.42. The molecular formula is C13H19NOS. The molecule has 2 nitrogen and oxygen atoms in total. The van der Waals surface area contributed by atoms with Gasteiger partial charge in [-0.15, -0.1) is 11.8 Å². The maximum atomic E-state index is 9.38. The van der Waals surface area contributed by atoms with Gasteiger partial charge in [0.2, 0.25) is 0 Å². The number of thioether (sulfide) groups is 1. The molecule has 2 atom stereocenters. The van der Waals surface area contributed by atoms with E-state index in [0.717, 1.165) is 6.42 Å². The number of hydrogen-bond donors (Lipinski definition) is 1. The quantitative estimate of drug-likeness (QED) is 0.855. The first-order chi connectivity index (χ1) is 7.69. The number of aryl methyl sites for hydroxylation is 1. The lowest BCUT2D eigenvalue weighted by atomic mass is 10.1. The van der Waals surface area contributed by atoms with Gasteiger partial charge in [-0.25, -0.2) is 0 Å². The molecule has 1 aliphatic rings. The number of rotatable bonds is 2. The average molecular weight is 237 g/mol. The van der Waals surface area contributed by atoms with Crippen molar-refractivity contribution < 1.29 is 5.11 Å². The van der Waals surface area contributed by atoms with Crippen molar-refractivity contribution in [3.63, 3.8) is 0 Å². The van der Waals surface area contributed by atoms with Crippen molar-refractivity contribution in [1.29, 1.82) is 0 Å². The zero-order chi connectivity index (χ0) is 11.7. The molecule has 16 heavy (non-hydrogen) atoms. The molecule has 0 fully saturated rings. The summed E-state index contributed by atoms with van der Waals surface area (Å²) in [5, 5.41) is 9.67.